The minimum Gasteiger partial charge on any atom is -0.437 e. The van der Waals surface area contributed by atoms with Gasteiger partial charge in [0.15, 0.2) is 0 Å². The Balaban J connectivity index is 0.000000166. The number of carbonyl (C=O) groups is 2. The van der Waals surface area contributed by atoms with Crippen LogP contribution in [0.1, 0.15) is 50.3 Å². The van der Waals surface area contributed by atoms with Gasteiger partial charge in [-0.1, -0.05) is 18.2 Å². The second-order valence-corrected chi connectivity index (χ2v) is 18.1. The molecule has 0 saturated carbocycles. The first-order valence-electron chi connectivity index (χ1n) is 23.5. The number of fused-ring (bicyclic) bond motifs is 2. The molecular formula is C46H62B2N12O6. The molecule has 66 heavy (non-hydrogen) atoms. The average molecular weight is 901 g/mol. The van der Waals surface area contributed by atoms with Gasteiger partial charge in [-0.05, 0) is 64.6 Å². The van der Waals surface area contributed by atoms with Crippen LogP contribution in [0.4, 0.5) is 11.6 Å². The monoisotopic (exact) mass is 901 g/mol. The van der Waals surface area contributed by atoms with Gasteiger partial charge in [-0.25, -0.2) is 9.97 Å². The van der Waals surface area contributed by atoms with Gasteiger partial charge in [0.25, 0.3) is 11.8 Å². The molecule has 6 aliphatic rings. The van der Waals surface area contributed by atoms with E-state index < -0.39 is 14.1 Å². The van der Waals surface area contributed by atoms with E-state index in [2.05, 4.69) is 51.9 Å². The Labute approximate surface area is 387 Å². The van der Waals surface area contributed by atoms with Crippen LogP contribution < -0.4 is 9.80 Å². The Morgan fingerprint density at radius 2 is 1.12 bits per heavy atom. The van der Waals surface area contributed by atoms with Crippen LogP contribution in [0.15, 0.2) is 61.1 Å². The van der Waals surface area contributed by atoms with Gasteiger partial charge in [0, 0.05) is 119 Å². The minimum absolute atomic E-state index is 0.0240. The summed E-state index contributed by atoms with van der Waals surface area (Å²) in [4.78, 5) is 62.8. The molecule has 2 unspecified atom stereocenters. The number of hydrogen-bond donors (Lipinski definition) is 2. The van der Waals surface area contributed by atoms with E-state index in [4.69, 9.17) is 29.4 Å². The van der Waals surface area contributed by atoms with E-state index in [-0.39, 0.29) is 23.9 Å². The van der Waals surface area contributed by atoms with E-state index in [1.165, 1.54) is 0 Å². The van der Waals surface area contributed by atoms with Crippen molar-refractivity contribution >= 4 is 59.6 Å². The molecule has 18 nitrogen and oxygen atoms in total. The standard InChI is InChI=1S/2C23H31BN6O3/c2*1-24(32)30-5-3-4-20(30)18-14-17(23(31)29-8-6-27(2)7-9-29)15-19-22(18)26-21(16-25-19)28-10-12-33-13-11-28/h3,5,14-16,20,32H,4,6-13H2,1-2H3;3-4,14-16,20,32H,5-13H2,1-2H3. The molecule has 0 radical (unpaired) electrons. The van der Waals surface area contributed by atoms with Gasteiger partial charge in [-0.2, -0.15) is 0 Å². The maximum Gasteiger partial charge on any atom is 0.409 e. The highest BCUT2D eigenvalue weighted by molar-refractivity contribution is 6.46. The number of morpholine rings is 2. The maximum atomic E-state index is 13.4. The van der Waals surface area contributed by atoms with Crippen LogP contribution in [0.25, 0.3) is 22.1 Å². The number of likely N-dealkylation sites (N-methyl/N-ethyl adjacent to an activating group) is 2. The number of amides is 2. The summed E-state index contributed by atoms with van der Waals surface area (Å²) in [6, 6.07) is 7.39. The number of carbonyl (C=O) groups excluding carboxylic acids is 2. The molecule has 20 heteroatoms. The number of hydrogen-bond acceptors (Lipinski definition) is 16. The Bertz CT molecular complexity index is 2430. The first-order valence-corrected chi connectivity index (χ1v) is 23.5. The Hall–Kier alpha value is -5.21. The lowest BCUT2D eigenvalue weighted by Crippen LogP contribution is -2.47. The fraction of sp³-hybridized carbons (Fsp3) is 0.522. The highest BCUT2D eigenvalue weighted by atomic mass is 16.5. The number of ether oxygens (including phenoxy) is 2. The minimum atomic E-state index is -0.642. The highest BCUT2D eigenvalue weighted by Gasteiger charge is 2.33. The topological polar surface area (TPSA) is 171 Å². The molecule has 0 spiro atoms. The number of anilines is 2. The molecule has 0 bridgehead atoms. The second kappa shape index (κ2) is 20.3. The van der Waals surface area contributed by atoms with Crippen LogP contribution in [0.5, 0.6) is 0 Å². The quantitative estimate of drug-likeness (QED) is 0.195. The molecule has 0 aliphatic carbocycles. The summed E-state index contributed by atoms with van der Waals surface area (Å²) < 4.78 is 11.0. The summed E-state index contributed by atoms with van der Waals surface area (Å²) in [5, 5.41) is 20.7. The van der Waals surface area contributed by atoms with Crippen LogP contribution in [0, 0.1) is 0 Å². The first kappa shape index (κ1) is 45.9. The van der Waals surface area contributed by atoms with Gasteiger partial charge < -0.3 is 58.5 Å². The van der Waals surface area contributed by atoms with Crippen molar-refractivity contribution in [2.45, 2.75) is 32.2 Å². The van der Waals surface area contributed by atoms with Crippen molar-refractivity contribution in [2.24, 2.45) is 0 Å². The van der Waals surface area contributed by atoms with Gasteiger partial charge in [-0.3, -0.25) is 19.6 Å². The predicted octanol–water partition coefficient (Wildman–Crippen LogP) is 2.10. The van der Waals surface area contributed by atoms with Crippen molar-refractivity contribution in [3.63, 3.8) is 0 Å². The first-order chi connectivity index (χ1) is 32.0. The normalized spacial score (nSPS) is 22.1. The lowest BCUT2D eigenvalue weighted by atomic mass is 9.82. The zero-order valence-corrected chi connectivity index (χ0v) is 38.7. The zero-order chi connectivity index (χ0) is 45.9. The van der Waals surface area contributed by atoms with Gasteiger partial charge in [0.1, 0.15) is 11.6 Å². The third kappa shape index (κ3) is 9.91. The fourth-order valence-corrected chi connectivity index (χ4v) is 9.68. The molecule has 2 atom stereocenters. The van der Waals surface area contributed by atoms with Gasteiger partial charge in [0.05, 0.1) is 60.9 Å². The van der Waals surface area contributed by atoms with Crippen LogP contribution in [0.3, 0.4) is 0 Å². The van der Waals surface area contributed by atoms with E-state index in [0.717, 1.165) is 106 Å². The Kier molecular flexibility index (Phi) is 14.2. The molecular weight excluding hydrogens is 838 g/mol. The molecule has 2 aromatic carbocycles. The molecule has 348 valence electrons. The van der Waals surface area contributed by atoms with Crippen molar-refractivity contribution in [1.82, 2.24) is 49.2 Å². The maximum absolute atomic E-state index is 13.4. The fourth-order valence-electron chi connectivity index (χ4n) is 9.68. The summed E-state index contributed by atoms with van der Waals surface area (Å²) in [7, 11) is 2.90. The van der Waals surface area contributed by atoms with Crippen molar-refractivity contribution in [3.8, 4) is 0 Å². The van der Waals surface area contributed by atoms with E-state index >= 15 is 0 Å². The molecule has 4 saturated heterocycles. The van der Waals surface area contributed by atoms with Gasteiger partial charge in [-0.15, -0.1) is 0 Å². The SMILES string of the molecule is CB(O)N1C=CCC1c1cc(C(=O)N2CCN(C)CC2)cc2ncc(N3CCOCC3)nc12.CB(O)N1CC=CC1c1cc(C(=O)N2CCN(C)CC2)cc2ncc(N3CCOCC3)nc12. The highest BCUT2D eigenvalue weighted by Crippen LogP contribution is 2.37. The second-order valence-electron chi connectivity index (χ2n) is 18.1. The van der Waals surface area contributed by atoms with Gasteiger partial charge in [0.2, 0.25) is 0 Å². The lowest BCUT2D eigenvalue weighted by molar-refractivity contribution is 0.0657. The molecule has 6 aliphatic heterocycles. The van der Waals surface area contributed by atoms with E-state index in [0.29, 0.717) is 68.2 Å². The predicted molar refractivity (Wildman–Crippen MR) is 257 cm³/mol. The number of rotatable bonds is 8. The van der Waals surface area contributed by atoms with E-state index in [1.54, 1.807) is 26.0 Å². The number of nitrogens with zero attached hydrogens (tertiary/aromatic N) is 12. The van der Waals surface area contributed by atoms with E-state index in [1.807, 2.05) is 49.9 Å². The molecule has 10 rings (SSSR count). The van der Waals surface area contributed by atoms with E-state index in [9.17, 15) is 19.6 Å². The van der Waals surface area contributed by atoms with Gasteiger partial charge >= 0.3 is 14.1 Å². The molecule has 8 heterocycles. The van der Waals surface area contributed by atoms with Crippen LogP contribution in [-0.4, -0.2) is 211 Å². The third-order valence-corrected chi connectivity index (χ3v) is 13.7. The van der Waals surface area contributed by atoms with Crippen LogP contribution in [-0.2, 0) is 9.47 Å². The third-order valence-electron chi connectivity index (χ3n) is 13.7. The molecule has 2 aromatic heterocycles. The molecule has 2 N–H and O–H groups in total. The lowest BCUT2D eigenvalue weighted by Gasteiger charge is -2.33. The summed E-state index contributed by atoms with van der Waals surface area (Å²) in [5.41, 5.74) is 6.06. The number of piperazine rings is 2. The van der Waals surface area contributed by atoms with Crippen LogP contribution >= 0.6 is 0 Å². The van der Waals surface area contributed by atoms with Crippen molar-refractivity contribution < 1.29 is 29.1 Å². The molecule has 4 fully saturated rings. The summed E-state index contributed by atoms with van der Waals surface area (Å²) >= 11 is 0. The average Bonchev–Trinajstić information content (AvgIpc) is 4.06. The summed E-state index contributed by atoms with van der Waals surface area (Å²) in [6.07, 6.45) is 12.4. The summed E-state index contributed by atoms with van der Waals surface area (Å²) in [5.74, 6) is 1.69. The molecule has 2 amide bonds. The van der Waals surface area contributed by atoms with Crippen molar-refractivity contribution in [3.05, 3.63) is 83.3 Å². The Morgan fingerprint density at radius 3 is 1.61 bits per heavy atom. The largest absolute Gasteiger partial charge is 0.437 e. The Morgan fingerprint density at radius 1 is 0.636 bits per heavy atom. The molecule has 4 aromatic rings. The number of benzene rings is 2. The zero-order valence-electron chi connectivity index (χ0n) is 38.7. The summed E-state index contributed by atoms with van der Waals surface area (Å²) in [6.45, 7) is 16.3. The van der Waals surface area contributed by atoms with Crippen LogP contribution in [0.2, 0.25) is 13.6 Å². The smallest absolute Gasteiger partial charge is 0.409 e. The van der Waals surface area contributed by atoms with Crippen molar-refractivity contribution in [2.75, 3.05) is 135 Å². The number of aromatic nitrogens is 4. The van der Waals surface area contributed by atoms with Crippen molar-refractivity contribution in [1.29, 1.82) is 0 Å².